The van der Waals surface area contributed by atoms with E-state index in [-0.39, 0.29) is 18.8 Å². The highest BCUT2D eigenvalue weighted by molar-refractivity contribution is 9.10. The Balaban J connectivity index is 1.93. The number of benzene rings is 1. The van der Waals surface area contributed by atoms with Gasteiger partial charge in [-0.05, 0) is 23.8 Å². The van der Waals surface area contributed by atoms with Crippen molar-refractivity contribution < 1.29 is 31.1 Å². The van der Waals surface area contributed by atoms with Crippen molar-refractivity contribution in [3.63, 3.8) is 0 Å². The Morgan fingerprint density at radius 1 is 0.917 bits per heavy atom. The van der Waals surface area contributed by atoms with Gasteiger partial charge in [0.05, 0.1) is 6.54 Å². The quantitative estimate of drug-likeness (QED) is 0.684. The van der Waals surface area contributed by atoms with E-state index in [0.29, 0.717) is 29.7 Å². The molecule has 1 saturated heterocycles. The maximum absolute atomic E-state index is 12.3. The fourth-order valence-electron chi connectivity index (χ4n) is 2.52. The molecule has 0 saturated carbocycles. The Bertz CT molecular complexity index is 555. The van der Waals surface area contributed by atoms with Crippen molar-refractivity contribution in [3.8, 4) is 5.75 Å². The van der Waals surface area contributed by atoms with Crippen LogP contribution in [0.2, 0.25) is 0 Å². The van der Waals surface area contributed by atoms with E-state index in [0.717, 1.165) is 0 Å². The molecule has 0 atom stereocenters. The van der Waals surface area contributed by atoms with Gasteiger partial charge in [-0.2, -0.15) is 13.2 Å². The molecule has 0 aliphatic carbocycles. The maximum atomic E-state index is 12.3. The van der Waals surface area contributed by atoms with Crippen LogP contribution in [0.5, 0.6) is 5.75 Å². The number of hydrogen-bond acceptors (Lipinski definition) is 3. The topological polar surface area (TPSA) is 15.7 Å². The summed E-state index contributed by atoms with van der Waals surface area (Å²) < 4.78 is 78.3. The average molecular weight is 421 g/mol. The molecule has 0 aromatic heterocycles. The van der Waals surface area contributed by atoms with Crippen LogP contribution in [0.4, 0.5) is 26.3 Å². The van der Waals surface area contributed by atoms with E-state index in [2.05, 4.69) is 20.7 Å². The van der Waals surface area contributed by atoms with Gasteiger partial charge in [0.25, 0.3) is 0 Å². The summed E-state index contributed by atoms with van der Waals surface area (Å²) in [5, 5.41) is 0. The highest BCUT2D eigenvalue weighted by atomic mass is 79.9. The molecular formula is C14H15BrF6N2O. The van der Waals surface area contributed by atoms with E-state index in [4.69, 9.17) is 0 Å². The van der Waals surface area contributed by atoms with Gasteiger partial charge in [0.2, 0.25) is 0 Å². The van der Waals surface area contributed by atoms with Crippen molar-refractivity contribution >= 4 is 15.9 Å². The lowest BCUT2D eigenvalue weighted by Gasteiger charge is -2.35. The summed E-state index contributed by atoms with van der Waals surface area (Å²) in [6, 6.07) is 4.14. The first-order valence-corrected chi connectivity index (χ1v) is 7.86. The molecule has 136 valence electrons. The lowest BCUT2D eigenvalue weighted by Crippen LogP contribution is -2.48. The second-order valence-corrected chi connectivity index (χ2v) is 6.43. The molecule has 1 heterocycles. The predicted octanol–water partition coefficient (Wildman–Crippen LogP) is 4.03. The summed E-state index contributed by atoms with van der Waals surface area (Å²) in [6.07, 6.45) is -9.00. The van der Waals surface area contributed by atoms with Gasteiger partial charge < -0.3 is 4.74 Å². The zero-order valence-electron chi connectivity index (χ0n) is 12.4. The first-order chi connectivity index (χ1) is 11.0. The van der Waals surface area contributed by atoms with Crippen LogP contribution >= 0.6 is 15.9 Å². The smallest absolute Gasteiger partial charge is 0.406 e. The summed E-state index contributed by atoms with van der Waals surface area (Å²) in [7, 11) is 0. The summed E-state index contributed by atoms with van der Waals surface area (Å²) in [5.74, 6) is -0.331. The molecule has 0 amide bonds. The van der Waals surface area contributed by atoms with Gasteiger partial charge in [-0.3, -0.25) is 9.80 Å². The van der Waals surface area contributed by atoms with Crippen molar-refractivity contribution in [2.75, 3.05) is 32.7 Å². The Labute approximate surface area is 143 Å². The molecular weight excluding hydrogens is 406 g/mol. The number of hydrogen-bond donors (Lipinski definition) is 0. The fraction of sp³-hybridized carbons (Fsp3) is 0.571. The third kappa shape index (κ3) is 6.86. The molecule has 1 aromatic rings. The number of halogens is 7. The third-order valence-corrected chi connectivity index (χ3v) is 3.90. The summed E-state index contributed by atoms with van der Waals surface area (Å²) in [5.41, 5.74) is 0.591. The van der Waals surface area contributed by atoms with Crippen LogP contribution < -0.4 is 4.74 Å². The minimum atomic E-state index is -4.78. The van der Waals surface area contributed by atoms with Gasteiger partial charge in [0.15, 0.2) is 0 Å². The molecule has 1 aliphatic rings. The van der Waals surface area contributed by atoms with Gasteiger partial charge in [-0.25, -0.2) is 0 Å². The molecule has 0 spiro atoms. The molecule has 10 heteroatoms. The second-order valence-electron chi connectivity index (χ2n) is 5.51. The number of alkyl halides is 6. The van der Waals surface area contributed by atoms with E-state index in [1.165, 1.54) is 17.0 Å². The summed E-state index contributed by atoms with van der Waals surface area (Å²) in [6.45, 7) is 0.754. The SMILES string of the molecule is FC(F)(F)CN1CCN(Cc2cc(Br)cc(OC(F)(F)F)c2)CC1. The highest BCUT2D eigenvalue weighted by Crippen LogP contribution is 2.28. The molecule has 1 aromatic carbocycles. The van der Waals surface area contributed by atoms with Crippen molar-refractivity contribution in [2.24, 2.45) is 0 Å². The molecule has 0 radical (unpaired) electrons. The van der Waals surface area contributed by atoms with Crippen LogP contribution in [0.1, 0.15) is 5.56 Å². The number of rotatable bonds is 4. The normalized spacial score (nSPS) is 18.0. The molecule has 0 unspecified atom stereocenters. The number of nitrogens with zero attached hydrogens (tertiary/aromatic N) is 2. The molecule has 2 rings (SSSR count). The van der Waals surface area contributed by atoms with E-state index in [9.17, 15) is 26.3 Å². The second kappa shape index (κ2) is 7.49. The predicted molar refractivity (Wildman–Crippen MR) is 78.6 cm³/mol. The molecule has 0 bridgehead atoms. The number of piperazine rings is 1. The zero-order valence-corrected chi connectivity index (χ0v) is 14.0. The monoisotopic (exact) mass is 420 g/mol. The molecule has 0 N–H and O–H groups in total. The maximum Gasteiger partial charge on any atom is 0.573 e. The third-order valence-electron chi connectivity index (χ3n) is 3.44. The summed E-state index contributed by atoms with van der Waals surface area (Å²) >= 11 is 3.13. The lowest BCUT2D eigenvalue weighted by molar-refractivity contribution is -0.274. The first kappa shape index (κ1) is 19.3. The van der Waals surface area contributed by atoms with E-state index in [1.807, 2.05) is 4.90 Å². The van der Waals surface area contributed by atoms with Crippen molar-refractivity contribution in [3.05, 3.63) is 28.2 Å². The van der Waals surface area contributed by atoms with Gasteiger partial charge in [-0.15, -0.1) is 13.2 Å². The molecule has 1 fully saturated rings. The Kier molecular flexibility index (Phi) is 6.03. The molecule has 1 aliphatic heterocycles. The standard InChI is InChI=1S/C14H15BrF6N2O/c15-11-5-10(6-12(7-11)24-14(19,20)21)8-22-1-3-23(4-2-22)9-13(16,17)18/h5-7H,1-4,8-9H2. The van der Waals surface area contributed by atoms with E-state index < -0.39 is 19.1 Å². The van der Waals surface area contributed by atoms with Crippen molar-refractivity contribution in [1.29, 1.82) is 0 Å². The highest BCUT2D eigenvalue weighted by Gasteiger charge is 2.33. The minimum Gasteiger partial charge on any atom is -0.406 e. The van der Waals surface area contributed by atoms with Crippen LogP contribution in [0.25, 0.3) is 0 Å². The van der Waals surface area contributed by atoms with E-state index >= 15 is 0 Å². The Morgan fingerprint density at radius 3 is 2.04 bits per heavy atom. The van der Waals surface area contributed by atoms with Gasteiger partial charge in [-0.1, -0.05) is 15.9 Å². The Hall–Kier alpha value is -1.00. The van der Waals surface area contributed by atoms with Crippen molar-refractivity contribution in [1.82, 2.24) is 9.80 Å². The zero-order chi connectivity index (χ0) is 18.0. The fourth-order valence-corrected chi connectivity index (χ4v) is 3.04. The largest absolute Gasteiger partial charge is 0.573 e. The van der Waals surface area contributed by atoms with Crippen LogP contribution in [-0.2, 0) is 6.54 Å². The first-order valence-electron chi connectivity index (χ1n) is 7.07. The molecule has 24 heavy (non-hydrogen) atoms. The molecule has 3 nitrogen and oxygen atoms in total. The summed E-state index contributed by atoms with van der Waals surface area (Å²) in [4.78, 5) is 3.21. The van der Waals surface area contributed by atoms with E-state index in [1.54, 1.807) is 6.07 Å². The van der Waals surface area contributed by atoms with Crippen LogP contribution in [0, 0.1) is 0 Å². The minimum absolute atomic E-state index is 0.263. The van der Waals surface area contributed by atoms with Gasteiger partial charge in [0.1, 0.15) is 5.75 Å². The van der Waals surface area contributed by atoms with Crippen LogP contribution in [0.3, 0.4) is 0 Å². The Morgan fingerprint density at radius 2 is 1.50 bits per heavy atom. The average Bonchev–Trinajstić information content (AvgIpc) is 2.36. The van der Waals surface area contributed by atoms with Crippen molar-refractivity contribution in [2.45, 2.75) is 19.1 Å². The van der Waals surface area contributed by atoms with Gasteiger partial charge in [0, 0.05) is 37.2 Å². The van der Waals surface area contributed by atoms with Gasteiger partial charge >= 0.3 is 12.5 Å². The van der Waals surface area contributed by atoms with Crippen LogP contribution in [-0.4, -0.2) is 55.1 Å². The number of ether oxygens (including phenoxy) is 1. The lowest BCUT2D eigenvalue weighted by atomic mass is 10.2. The van der Waals surface area contributed by atoms with Crippen LogP contribution in [0.15, 0.2) is 22.7 Å².